The number of nitrogens with one attached hydrogen (secondary N) is 1. The van der Waals surface area contributed by atoms with Gasteiger partial charge >= 0.3 is 0 Å². The van der Waals surface area contributed by atoms with E-state index in [0.717, 1.165) is 30.7 Å². The predicted molar refractivity (Wildman–Crippen MR) is 64.4 cm³/mol. The molecule has 3 heteroatoms. The highest BCUT2D eigenvalue weighted by Gasteiger charge is 2.04. The monoisotopic (exact) mass is 225 g/mol. The Bertz CT molecular complexity index is 326. The number of halogens is 1. The zero-order valence-corrected chi connectivity index (χ0v) is 10.2. The van der Waals surface area contributed by atoms with E-state index in [0.29, 0.717) is 6.04 Å². The Balaban J connectivity index is 2.48. The molecule has 16 heavy (non-hydrogen) atoms. The Morgan fingerprint density at radius 2 is 2.12 bits per heavy atom. The van der Waals surface area contributed by atoms with Crippen LogP contribution in [-0.2, 0) is 6.42 Å². The van der Waals surface area contributed by atoms with E-state index in [9.17, 15) is 4.39 Å². The summed E-state index contributed by atoms with van der Waals surface area (Å²) in [5.41, 5.74) is 0.938. The highest BCUT2D eigenvalue weighted by atomic mass is 19.1. The second-order valence-electron chi connectivity index (χ2n) is 4.17. The number of methoxy groups -OCH3 is 1. The molecule has 0 heterocycles. The summed E-state index contributed by atoms with van der Waals surface area (Å²) < 4.78 is 18.2. The van der Waals surface area contributed by atoms with E-state index in [1.165, 1.54) is 6.07 Å². The summed E-state index contributed by atoms with van der Waals surface area (Å²) in [6.45, 7) is 5.17. The van der Waals surface area contributed by atoms with Gasteiger partial charge in [-0.05, 0) is 43.1 Å². The van der Waals surface area contributed by atoms with Gasteiger partial charge in [-0.3, -0.25) is 0 Å². The molecule has 1 aromatic carbocycles. The number of hydrogen-bond acceptors (Lipinski definition) is 2. The highest BCUT2D eigenvalue weighted by molar-refractivity contribution is 5.33. The second kappa shape index (κ2) is 6.48. The number of hydrogen-bond donors (Lipinski definition) is 1. The molecule has 0 aromatic heterocycles. The third-order valence-corrected chi connectivity index (χ3v) is 2.42. The lowest BCUT2D eigenvalue weighted by molar-refractivity contribution is 0.407. The SMILES string of the molecule is COc1ccc(F)cc1CCCNC(C)C. The van der Waals surface area contributed by atoms with Crippen LogP contribution in [0.3, 0.4) is 0 Å². The molecule has 1 rings (SSSR count). The van der Waals surface area contributed by atoms with Crippen molar-refractivity contribution >= 4 is 0 Å². The fraction of sp³-hybridized carbons (Fsp3) is 0.538. The lowest BCUT2D eigenvalue weighted by atomic mass is 10.1. The lowest BCUT2D eigenvalue weighted by Gasteiger charge is -2.10. The van der Waals surface area contributed by atoms with Crippen molar-refractivity contribution in [3.63, 3.8) is 0 Å². The third kappa shape index (κ3) is 4.19. The summed E-state index contributed by atoms with van der Waals surface area (Å²) in [5.74, 6) is 0.568. The van der Waals surface area contributed by atoms with Gasteiger partial charge in [0.2, 0.25) is 0 Å². The van der Waals surface area contributed by atoms with Crippen LogP contribution in [-0.4, -0.2) is 19.7 Å². The quantitative estimate of drug-likeness (QED) is 0.752. The van der Waals surface area contributed by atoms with E-state index < -0.39 is 0 Å². The first-order valence-electron chi connectivity index (χ1n) is 5.69. The fourth-order valence-electron chi connectivity index (χ4n) is 1.61. The van der Waals surface area contributed by atoms with Gasteiger partial charge in [0.05, 0.1) is 7.11 Å². The van der Waals surface area contributed by atoms with Gasteiger partial charge in [0, 0.05) is 6.04 Å². The van der Waals surface area contributed by atoms with E-state index in [1.807, 2.05) is 0 Å². The minimum Gasteiger partial charge on any atom is -0.496 e. The van der Waals surface area contributed by atoms with E-state index >= 15 is 0 Å². The largest absolute Gasteiger partial charge is 0.496 e. The lowest BCUT2D eigenvalue weighted by Crippen LogP contribution is -2.23. The average molecular weight is 225 g/mol. The normalized spacial score (nSPS) is 10.8. The molecule has 0 saturated carbocycles. The van der Waals surface area contributed by atoms with Gasteiger partial charge in [-0.15, -0.1) is 0 Å². The average Bonchev–Trinajstić information content (AvgIpc) is 2.24. The minimum atomic E-state index is -0.201. The summed E-state index contributed by atoms with van der Waals surface area (Å²) in [4.78, 5) is 0. The molecule has 90 valence electrons. The van der Waals surface area contributed by atoms with Crippen molar-refractivity contribution in [3.05, 3.63) is 29.6 Å². The first-order valence-corrected chi connectivity index (χ1v) is 5.69. The molecule has 0 bridgehead atoms. The molecular weight excluding hydrogens is 205 g/mol. The van der Waals surface area contributed by atoms with E-state index in [2.05, 4.69) is 19.2 Å². The number of rotatable bonds is 6. The molecule has 0 aliphatic rings. The molecule has 0 aliphatic carbocycles. The molecule has 0 atom stereocenters. The summed E-state index contributed by atoms with van der Waals surface area (Å²) in [6.07, 6.45) is 1.82. The minimum absolute atomic E-state index is 0.201. The zero-order chi connectivity index (χ0) is 12.0. The Labute approximate surface area is 96.8 Å². The molecule has 1 aromatic rings. The van der Waals surface area contributed by atoms with Crippen molar-refractivity contribution in [1.29, 1.82) is 0 Å². The number of benzene rings is 1. The Kier molecular flexibility index (Phi) is 5.26. The second-order valence-corrected chi connectivity index (χ2v) is 4.17. The first kappa shape index (κ1) is 13.0. The molecule has 0 spiro atoms. The van der Waals surface area contributed by atoms with Crippen molar-refractivity contribution < 1.29 is 9.13 Å². The number of ether oxygens (including phenoxy) is 1. The van der Waals surface area contributed by atoms with Crippen molar-refractivity contribution in [2.75, 3.05) is 13.7 Å². The van der Waals surface area contributed by atoms with Gasteiger partial charge < -0.3 is 10.1 Å². The summed E-state index contributed by atoms with van der Waals surface area (Å²) in [7, 11) is 1.61. The smallest absolute Gasteiger partial charge is 0.123 e. The Hall–Kier alpha value is -1.09. The maximum atomic E-state index is 13.0. The van der Waals surface area contributed by atoms with Crippen LogP contribution in [0.5, 0.6) is 5.75 Å². The molecule has 0 radical (unpaired) electrons. The van der Waals surface area contributed by atoms with E-state index in [-0.39, 0.29) is 5.82 Å². The predicted octanol–water partition coefficient (Wildman–Crippen LogP) is 2.76. The van der Waals surface area contributed by atoms with Gasteiger partial charge in [-0.25, -0.2) is 4.39 Å². The van der Waals surface area contributed by atoms with E-state index in [1.54, 1.807) is 19.2 Å². The van der Waals surface area contributed by atoms with Gasteiger partial charge in [-0.1, -0.05) is 13.8 Å². The van der Waals surface area contributed by atoms with Crippen LogP contribution >= 0.6 is 0 Å². The Morgan fingerprint density at radius 3 is 2.75 bits per heavy atom. The van der Waals surface area contributed by atoms with Gasteiger partial charge in [0.1, 0.15) is 11.6 Å². The van der Waals surface area contributed by atoms with Crippen molar-refractivity contribution in [2.45, 2.75) is 32.7 Å². The molecule has 0 fully saturated rings. The van der Waals surface area contributed by atoms with Crippen molar-refractivity contribution in [3.8, 4) is 5.75 Å². The standard InChI is InChI=1S/C13H20FNO/c1-10(2)15-8-4-5-11-9-12(14)6-7-13(11)16-3/h6-7,9-10,15H,4-5,8H2,1-3H3. The zero-order valence-electron chi connectivity index (χ0n) is 10.2. The summed E-state index contributed by atoms with van der Waals surface area (Å²) in [6, 6.07) is 5.15. The van der Waals surface area contributed by atoms with Crippen molar-refractivity contribution in [1.82, 2.24) is 5.32 Å². The maximum Gasteiger partial charge on any atom is 0.123 e. The van der Waals surface area contributed by atoms with E-state index in [4.69, 9.17) is 4.74 Å². The first-order chi connectivity index (χ1) is 7.63. The Morgan fingerprint density at radius 1 is 1.38 bits per heavy atom. The van der Waals surface area contributed by atoms with Gasteiger partial charge in [0.15, 0.2) is 0 Å². The van der Waals surface area contributed by atoms with Crippen LogP contribution in [0.2, 0.25) is 0 Å². The molecule has 0 amide bonds. The van der Waals surface area contributed by atoms with Gasteiger partial charge in [-0.2, -0.15) is 0 Å². The molecule has 2 nitrogen and oxygen atoms in total. The van der Waals surface area contributed by atoms with Crippen LogP contribution in [0, 0.1) is 5.82 Å². The highest BCUT2D eigenvalue weighted by Crippen LogP contribution is 2.20. The molecule has 1 N–H and O–H groups in total. The molecule has 0 aliphatic heterocycles. The van der Waals surface area contributed by atoms with Crippen LogP contribution in [0.15, 0.2) is 18.2 Å². The van der Waals surface area contributed by atoms with Crippen LogP contribution < -0.4 is 10.1 Å². The summed E-state index contributed by atoms with van der Waals surface area (Å²) in [5, 5.41) is 3.33. The third-order valence-electron chi connectivity index (χ3n) is 2.42. The topological polar surface area (TPSA) is 21.3 Å². The molecular formula is C13H20FNO. The van der Waals surface area contributed by atoms with Crippen LogP contribution in [0.25, 0.3) is 0 Å². The van der Waals surface area contributed by atoms with Crippen molar-refractivity contribution in [2.24, 2.45) is 0 Å². The maximum absolute atomic E-state index is 13.0. The van der Waals surface area contributed by atoms with Crippen LogP contribution in [0.1, 0.15) is 25.8 Å². The number of aryl methyl sites for hydroxylation is 1. The summed E-state index contributed by atoms with van der Waals surface area (Å²) >= 11 is 0. The van der Waals surface area contributed by atoms with Gasteiger partial charge in [0.25, 0.3) is 0 Å². The van der Waals surface area contributed by atoms with Crippen LogP contribution in [0.4, 0.5) is 4.39 Å². The molecule has 0 saturated heterocycles. The fourth-order valence-corrected chi connectivity index (χ4v) is 1.61. The molecule has 0 unspecified atom stereocenters.